The van der Waals surface area contributed by atoms with Gasteiger partial charge >= 0.3 is 5.97 Å². The Kier molecular flexibility index (Phi) is 4.06. The van der Waals surface area contributed by atoms with Crippen molar-refractivity contribution in [1.82, 2.24) is 0 Å². The van der Waals surface area contributed by atoms with Gasteiger partial charge < -0.3 is 16.6 Å². The van der Waals surface area contributed by atoms with Gasteiger partial charge in [0.25, 0.3) is 0 Å². The lowest BCUT2D eigenvalue weighted by atomic mass is 10.1. The van der Waals surface area contributed by atoms with Gasteiger partial charge in [0.15, 0.2) is 0 Å². The lowest BCUT2D eigenvalue weighted by molar-refractivity contribution is -0.138. The van der Waals surface area contributed by atoms with Gasteiger partial charge in [-0.1, -0.05) is 0 Å². The van der Waals surface area contributed by atoms with Gasteiger partial charge in [-0.3, -0.25) is 4.79 Å². The smallest absolute Gasteiger partial charge is 0.320 e. The van der Waals surface area contributed by atoms with Crippen molar-refractivity contribution in [2.45, 2.75) is 18.5 Å². The van der Waals surface area contributed by atoms with E-state index in [2.05, 4.69) is 15.9 Å². The molecule has 78 valence electrons. The Morgan fingerprint density at radius 2 is 2.29 bits per heavy atom. The number of hydrogen-bond acceptors (Lipinski definition) is 4. The van der Waals surface area contributed by atoms with Crippen LogP contribution in [0.25, 0.3) is 0 Å². The Bertz CT molecular complexity index is 329. The van der Waals surface area contributed by atoms with Gasteiger partial charge in [0.2, 0.25) is 0 Å². The number of carbonyl (C=O) groups is 1. The van der Waals surface area contributed by atoms with Crippen LogP contribution in [0.15, 0.2) is 15.9 Å². The van der Waals surface area contributed by atoms with Crippen LogP contribution < -0.4 is 11.5 Å². The molecule has 0 amide bonds. The molecule has 0 aromatic carbocycles. The average molecular weight is 279 g/mol. The SMILES string of the molecule is NC(CC(N)c1cc(Br)cs1)C(=O)O. The molecule has 0 saturated heterocycles. The van der Waals surface area contributed by atoms with Crippen LogP contribution in [-0.2, 0) is 4.79 Å². The molecule has 1 aromatic heterocycles. The van der Waals surface area contributed by atoms with Gasteiger partial charge in [0, 0.05) is 20.8 Å². The molecule has 0 spiro atoms. The van der Waals surface area contributed by atoms with Crippen molar-refractivity contribution in [3.8, 4) is 0 Å². The molecule has 0 saturated carbocycles. The predicted molar refractivity (Wildman–Crippen MR) is 59.2 cm³/mol. The molecule has 0 aliphatic rings. The summed E-state index contributed by atoms with van der Waals surface area (Å²) < 4.78 is 0.955. The summed E-state index contributed by atoms with van der Waals surface area (Å²) in [4.78, 5) is 11.4. The second-order valence-corrected chi connectivity index (χ2v) is 4.81. The third-order valence-corrected chi connectivity index (χ3v) is 3.60. The van der Waals surface area contributed by atoms with Crippen molar-refractivity contribution >= 4 is 33.2 Å². The van der Waals surface area contributed by atoms with E-state index in [1.54, 1.807) is 0 Å². The minimum Gasteiger partial charge on any atom is -0.480 e. The Morgan fingerprint density at radius 3 is 2.71 bits per heavy atom. The number of aliphatic carboxylic acids is 1. The number of carboxylic acids is 1. The highest BCUT2D eigenvalue weighted by Crippen LogP contribution is 2.26. The standard InChI is InChI=1S/C8H11BrN2O2S/c9-4-1-7(14-3-4)5(10)2-6(11)8(12)13/h1,3,5-6H,2,10-11H2,(H,12,13). The summed E-state index contributed by atoms with van der Waals surface area (Å²) in [5, 5.41) is 10.5. The largest absolute Gasteiger partial charge is 0.480 e. The van der Waals surface area contributed by atoms with Gasteiger partial charge in [-0.15, -0.1) is 11.3 Å². The summed E-state index contributed by atoms with van der Waals surface area (Å²) in [6.07, 6.45) is 0.252. The number of hydrogen-bond donors (Lipinski definition) is 3. The van der Waals surface area contributed by atoms with Crippen LogP contribution in [0.5, 0.6) is 0 Å². The van der Waals surface area contributed by atoms with Crippen molar-refractivity contribution in [1.29, 1.82) is 0 Å². The van der Waals surface area contributed by atoms with Crippen LogP contribution in [0.3, 0.4) is 0 Å². The average Bonchev–Trinajstić information content (AvgIpc) is 2.51. The fraction of sp³-hybridized carbons (Fsp3) is 0.375. The number of carboxylic acid groups (broad SMARTS) is 1. The van der Waals surface area contributed by atoms with Crippen LogP contribution in [0.2, 0.25) is 0 Å². The molecule has 4 nitrogen and oxygen atoms in total. The first-order valence-electron chi connectivity index (χ1n) is 3.98. The summed E-state index contributed by atoms with van der Waals surface area (Å²) in [6, 6.07) is 0.674. The molecule has 0 aliphatic heterocycles. The first-order valence-corrected chi connectivity index (χ1v) is 5.66. The molecule has 0 aliphatic carbocycles. The van der Waals surface area contributed by atoms with Crippen molar-refractivity contribution in [2.75, 3.05) is 0 Å². The maximum Gasteiger partial charge on any atom is 0.320 e. The van der Waals surface area contributed by atoms with Crippen molar-refractivity contribution < 1.29 is 9.90 Å². The van der Waals surface area contributed by atoms with E-state index in [0.717, 1.165) is 9.35 Å². The van der Waals surface area contributed by atoms with Crippen LogP contribution in [0.1, 0.15) is 17.3 Å². The van der Waals surface area contributed by atoms with Crippen molar-refractivity contribution in [3.63, 3.8) is 0 Å². The zero-order valence-electron chi connectivity index (χ0n) is 7.31. The van der Waals surface area contributed by atoms with Gasteiger partial charge in [0.1, 0.15) is 6.04 Å². The quantitative estimate of drug-likeness (QED) is 0.775. The van der Waals surface area contributed by atoms with E-state index in [0.29, 0.717) is 0 Å². The van der Waals surface area contributed by atoms with Gasteiger partial charge in [-0.25, -0.2) is 0 Å². The molecule has 6 heteroatoms. The number of halogens is 1. The first kappa shape index (κ1) is 11.6. The maximum atomic E-state index is 10.5. The lowest BCUT2D eigenvalue weighted by Gasteiger charge is -2.12. The second-order valence-electron chi connectivity index (χ2n) is 2.95. The summed E-state index contributed by atoms with van der Waals surface area (Å²) in [5.74, 6) is -1.02. The summed E-state index contributed by atoms with van der Waals surface area (Å²) in [6.45, 7) is 0. The van der Waals surface area contributed by atoms with Gasteiger partial charge in [-0.2, -0.15) is 0 Å². The highest BCUT2D eigenvalue weighted by Gasteiger charge is 2.18. The van der Waals surface area contributed by atoms with Crippen LogP contribution >= 0.6 is 27.3 Å². The van der Waals surface area contributed by atoms with E-state index in [9.17, 15) is 4.79 Å². The van der Waals surface area contributed by atoms with Crippen LogP contribution in [-0.4, -0.2) is 17.1 Å². The third-order valence-electron chi connectivity index (χ3n) is 1.78. The molecule has 0 fully saturated rings. The molecule has 1 rings (SSSR count). The van der Waals surface area contributed by atoms with Gasteiger partial charge in [0.05, 0.1) is 0 Å². The first-order chi connectivity index (χ1) is 6.50. The van der Waals surface area contributed by atoms with E-state index in [1.807, 2.05) is 11.4 Å². The molecule has 0 radical (unpaired) electrons. The molecule has 1 heterocycles. The topological polar surface area (TPSA) is 89.3 Å². The molecule has 14 heavy (non-hydrogen) atoms. The van der Waals surface area contributed by atoms with E-state index >= 15 is 0 Å². The fourth-order valence-corrected chi connectivity index (χ4v) is 2.47. The maximum absolute atomic E-state index is 10.5. The number of thiophene rings is 1. The highest BCUT2D eigenvalue weighted by atomic mass is 79.9. The summed E-state index contributed by atoms with van der Waals surface area (Å²) in [5.41, 5.74) is 11.2. The van der Waals surface area contributed by atoms with E-state index in [1.165, 1.54) is 11.3 Å². The third kappa shape index (κ3) is 3.06. The minimum atomic E-state index is -1.02. The fourth-order valence-electron chi connectivity index (χ4n) is 1.01. The molecular formula is C8H11BrN2O2S. The molecule has 2 unspecified atom stereocenters. The van der Waals surface area contributed by atoms with Crippen molar-refractivity contribution in [2.24, 2.45) is 11.5 Å². The Labute approximate surface area is 94.0 Å². The number of rotatable bonds is 4. The highest BCUT2D eigenvalue weighted by molar-refractivity contribution is 9.10. The molecular weight excluding hydrogens is 268 g/mol. The molecule has 1 aromatic rings. The van der Waals surface area contributed by atoms with Crippen molar-refractivity contribution in [3.05, 3.63) is 20.8 Å². The van der Waals surface area contributed by atoms with E-state index in [-0.39, 0.29) is 12.5 Å². The monoisotopic (exact) mass is 278 g/mol. The Morgan fingerprint density at radius 1 is 1.64 bits per heavy atom. The summed E-state index contributed by atoms with van der Waals surface area (Å²) in [7, 11) is 0. The number of nitrogens with two attached hydrogens (primary N) is 2. The molecule has 0 bridgehead atoms. The molecule has 2 atom stereocenters. The van der Waals surface area contributed by atoms with Crippen LogP contribution in [0, 0.1) is 0 Å². The Hall–Kier alpha value is -0.430. The zero-order chi connectivity index (χ0) is 10.7. The molecule has 5 N–H and O–H groups in total. The Balaban J connectivity index is 2.58. The van der Waals surface area contributed by atoms with Crippen LogP contribution in [0.4, 0.5) is 0 Å². The summed E-state index contributed by atoms with van der Waals surface area (Å²) >= 11 is 4.79. The lowest BCUT2D eigenvalue weighted by Crippen LogP contribution is -2.33. The normalized spacial score (nSPS) is 15.1. The van der Waals surface area contributed by atoms with Gasteiger partial charge in [-0.05, 0) is 28.4 Å². The van der Waals surface area contributed by atoms with E-state index in [4.69, 9.17) is 16.6 Å². The predicted octanol–water partition coefficient (Wildman–Crippen LogP) is 1.31. The zero-order valence-corrected chi connectivity index (χ0v) is 9.72. The van der Waals surface area contributed by atoms with E-state index < -0.39 is 12.0 Å². The second kappa shape index (κ2) is 4.88. The minimum absolute atomic E-state index is 0.252.